The Kier molecular flexibility index (Phi) is 4.28. The molecule has 0 saturated heterocycles. The third-order valence-corrected chi connectivity index (χ3v) is 4.46. The number of rotatable bonds is 5. The number of sulfonamides is 1. The van der Waals surface area contributed by atoms with E-state index < -0.39 is 10.0 Å². The molecule has 0 atom stereocenters. The highest BCUT2D eigenvalue weighted by molar-refractivity contribution is 7.89. The summed E-state index contributed by atoms with van der Waals surface area (Å²) >= 11 is 0. The van der Waals surface area contributed by atoms with Crippen LogP contribution in [0.1, 0.15) is 12.8 Å². The number of fused-ring (bicyclic) bond motifs is 1. The first-order valence-corrected chi connectivity index (χ1v) is 7.74. The Morgan fingerprint density at radius 1 is 1.25 bits per heavy atom. The van der Waals surface area contributed by atoms with Crippen LogP contribution in [0.5, 0.6) is 0 Å². The maximum atomic E-state index is 12.3. The molecule has 2 aromatic carbocycles. The summed E-state index contributed by atoms with van der Waals surface area (Å²) in [7, 11) is -3.54. The zero-order valence-corrected chi connectivity index (χ0v) is 11.8. The Labute approximate surface area is 119 Å². The van der Waals surface area contributed by atoms with Crippen LogP contribution in [0, 0.1) is 12.3 Å². The summed E-state index contributed by atoms with van der Waals surface area (Å²) in [5.41, 5.74) is 6.32. The fourth-order valence-electron chi connectivity index (χ4n) is 1.98. The van der Waals surface area contributed by atoms with Crippen molar-refractivity contribution in [3.63, 3.8) is 0 Å². The van der Waals surface area contributed by atoms with Gasteiger partial charge in [-0.3, -0.25) is 0 Å². The van der Waals surface area contributed by atoms with Crippen molar-refractivity contribution < 1.29 is 8.42 Å². The normalized spacial score (nSPS) is 11.3. The number of hydrogen-bond donors (Lipinski definition) is 2. The van der Waals surface area contributed by atoms with Crippen LogP contribution in [0.4, 0.5) is 5.69 Å². The molecular weight excluding hydrogens is 272 g/mol. The van der Waals surface area contributed by atoms with E-state index in [0.29, 0.717) is 30.5 Å². The highest BCUT2D eigenvalue weighted by Gasteiger charge is 2.16. The van der Waals surface area contributed by atoms with E-state index in [1.165, 1.54) is 0 Å². The lowest BCUT2D eigenvalue weighted by atomic mass is 10.1. The maximum absolute atomic E-state index is 12.3. The van der Waals surface area contributed by atoms with Gasteiger partial charge in [0.1, 0.15) is 0 Å². The van der Waals surface area contributed by atoms with Gasteiger partial charge in [0.15, 0.2) is 0 Å². The molecule has 3 N–H and O–H groups in total. The molecule has 0 radical (unpaired) electrons. The molecule has 2 aromatic rings. The molecule has 0 bridgehead atoms. The Morgan fingerprint density at radius 3 is 2.80 bits per heavy atom. The second-order valence-corrected chi connectivity index (χ2v) is 6.18. The average molecular weight is 288 g/mol. The number of terminal acetylenes is 1. The van der Waals surface area contributed by atoms with E-state index in [9.17, 15) is 8.42 Å². The van der Waals surface area contributed by atoms with Crippen molar-refractivity contribution in [3.05, 3.63) is 36.4 Å². The zero-order chi connectivity index (χ0) is 14.6. The summed E-state index contributed by atoms with van der Waals surface area (Å²) < 4.78 is 27.2. The Balaban J connectivity index is 2.35. The van der Waals surface area contributed by atoms with Crippen molar-refractivity contribution in [1.82, 2.24) is 4.72 Å². The van der Waals surface area contributed by atoms with E-state index in [1.807, 2.05) is 6.07 Å². The van der Waals surface area contributed by atoms with Gasteiger partial charge in [0.25, 0.3) is 0 Å². The van der Waals surface area contributed by atoms with Gasteiger partial charge in [-0.2, -0.15) is 0 Å². The fourth-order valence-corrected chi connectivity index (χ4v) is 3.28. The molecule has 0 unspecified atom stereocenters. The van der Waals surface area contributed by atoms with Crippen LogP contribution < -0.4 is 10.5 Å². The maximum Gasteiger partial charge on any atom is 0.241 e. The number of hydrogen-bond acceptors (Lipinski definition) is 3. The second-order valence-electron chi connectivity index (χ2n) is 4.44. The third-order valence-electron chi connectivity index (χ3n) is 2.94. The van der Waals surface area contributed by atoms with Crippen LogP contribution in [0.2, 0.25) is 0 Å². The van der Waals surface area contributed by atoms with Crippen LogP contribution in [0.3, 0.4) is 0 Å². The highest BCUT2D eigenvalue weighted by Crippen LogP contribution is 2.24. The van der Waals surface area contributed by atoms with Crippen LogP contribution in [0.25, 0.3) is 10.8 Å². The molecule has 5 heteroatoms. The van der Waals surface area contributed by atoms with Crippen molar-refractivity contribution in [1.29, 1.82) is 0 Å². The molecule has 2 rings (SSSR count). The molecule has 0 aromatic heterocycles. The van der Waals surface area contributed by atoms with Crippen LogP contribution >= 0.6 is 0 Å². The third kappa shape index (κ3) is 3.10. The van der Waals surface area contributed by atoms with Gasteiger partial charge in [-0.05, 0) is 30.0 Å². The predicted octanol–water partition coefficient (Wildman–Crippen LogP) is 2.11. The standard InChI is InChI=1S/C15H16N2O2S/c1-2-3-4-10-17-20(18,19)15-7-5-6-12-11-13(16)8-9-14(12)15/h1,5-9,11,17H,3-4,10,16H2. The van der Waals surface area contributed by atoms with Gasteiger partial charge in [-0.25, -0.2) is 13.1 Å². The van der Waals surface area contributed by atoms with Crippen LogP contribution in [0.15, 0.2) is 41.3 Å². The van der Waals surface area contributed by atoms with Crippen LogP contribution in [-0.4, -0.2) is 15.0 Å². The van der Waals surface area contributed by atoms with Gasteiger partial charge in [0.05, 0.1) is 4.90 Å². The predicted molar refractivity (Wildman–Crippen MR) is 81.6 cm³/mol. The number of nitrogen functional groups attached to an aromatic ring is 1. The Hall–Kier alpha value is -2.03. The summed E-state index contributed by atoms with van der Waals surface area (Å²) in [5, 5.41) is 1.46. The molecular formula is C15H16N2O2S. The topological polar surface area (TPSA) is 72.2 Å². The first-order valence-electron chi connectivity index (χ1n) is 6.26. The van der Waals surface area contributed by atoms with Gasteiger partial charge in [0, 0.05) is 24.0 Å². The lowest BCUT2D eigenvalue weighted by molar-refractivity contribution is 0.580. The molecule has 0 spiro atoms. The molecule has 0 aliphatic rings. The molecule has 0 heterocycles. The van der Waals surface area contributed by atoms with Gasteiger partial charge >= 0.3 is 0 Å². The van der Waals surface area contributed by atoms with E-state index in [-0.39, 0.29) is 4.90 Å². The fraction of sp³-hybridized carbons (Fsp3) is 0.200. The quantitative estimate of drug-likeness (QED) is 0.503. The average Bonchev–Trinajstić information content (AvgIpc) is 2.42. The monoisotopic (exact) mass is 288 g/mol. The molecule has 0 saturated carbocycles. The molecule has 4 nitrogen and oxygen atoms in total. The first-order chi connectivity index (χ1) is 9.54. The Bertz CT molecular complexity index is 761. The number of benzene rings is 2. The number of anilines is 1. The van der Waals surface area contributed by atoms with Crippen molar-refractivity contribution in [2.24, 2.45) is 0 Å². The molecule has 104 valence electrons. The van der Waals surface area contributed by atoms with E-state index in [2.05, 4.69) is 10.6 Å². The molecule has 0 amide bonds. The number of nitrogens with one attached hydrogen (secondary N) is 1. The van der Waals surface area contributed by atoms with E-state index in [4.69, 9.17) is 12.2 Å². The van der Waals surface area contributed by atoms with Crippen molar-refractivity contribution in [2.45, 2.75) is 17.7 Å². The van der Waals surface area contributed by atoms with Crippen molar-refractivity contribution in [2.75, 3.05) is 12.3 Å². The zero-order valence-electron chi connectivity index (χ0n) is 11.0. The first kappa shape index (κ1) is 14.4. The summed E-state index contributed by atoms with van der Waals surface area (Å²) in [6.45, 7) is 0.331. The molecule has 0 aliphatic heterocycles. The lowest BCUT2D eigenvalue weighted by Gasteiger charge is -2.09. The van der Waals surface area contributed by atoms with E-state index >= 15 is 0 Å². The van der Waals surface area contributed by atoms with Crippen LogP contribution in [-0.2, 0) is 10.0 Å². The SMILES string of the molecule is C#CCCCNS(=O)(=O)c1cccc2cc(N)ccc12. The summed E-state index contributed by atoms with van der Waals surface area (Å²) in [6.07, 6.45) is 6.31. The summed E-state index contributed by atoms with van der Waals surface area (Å²) in [4.78, 5) is 0.260. The highest BCUT2D eigenvalue weighted by atomic mass is 32.2. The molecule has 20 heavy (non-hydrogen) atoms. The minimum atomic E-state index is -3.54. The minimum absolute atomic E-state index is 0.260. The van der Waals surface area contributed by atoms with Crippen molar-refractivity contribution in [3.8, 4) is 12.3 Å². The summed E-state index contributed by atoms with van der Waals surface area (Å²) in [6, 6.07) is 10.3. The van der Waals surface area contributed by atoms with Gasteiger partial charge in [-0.1, -0.05) is 18.2 Å². The van der Waals surface area contributed by atoms with Gasteiger partial charge in [0.2, 0.25) is 10.0 Å². The molecule has 0 aliphatic carbocycles. The second kappa shape index (κ2) is 5.95. The lowest BCUT2D eigenvalue weighted by Crippen LogP contribution is -2.24. The van der Waals surface area contributed by atoms with Gasteiger partial charge in [-0.15, -0.1) is 12.3 Å². The van der Waals surface area contributed by atoms with Gasteiger partial charge < -0.3 is 5.73 Å². The van der Waals surface area contributed by atoms with E-state index in [0.717, 1.165) is 5.39 Å². The van der Waals surface area contributed by atoms with Crippen molar-refractivity contribution >= 4 is 26.5 Å². The smallest absolute Gasteiger partial charge is 0.241 e. The number of unbranched alkanes of at least 4 members (excludes halogenated alkanes) is 1. The molecule has 0 fully saturated rings. The minimum Gasteiger partial charge on any atom is -0.399 e. The number of nitrogens with two attached hydrogens (primary N) is 1. The Morgan fingerprint density at radius 2 is 2.05 bits per heavy atom. The summed E-state index contributed by atoms with van der Waals surface area (Å²) in [5.74, 6) is 2.48. The van der Waals surface area contributed by atoms with E-state index in [1.54, 1.807) is 30.3 Å². The largest absolute Gasteiger partial charge is 0.399 e.